The Labute approximate surface area is 206 Å². The SMILES string of the molecule is CCCCC[n+]1c(N)n(C(=N)CCC2OC(Cc3ccccc3)=NC2C)c(=O)c2[nH]c(Br)nc21. The maximum atomic E-state index is 13.2. The molecule has 0 aliphatic carbocycles. The number of nitrogens with one attached hydrogen (secondary N) is 2. The molecule has 2 unspecified atom stereocenters. The van der Waals surface area contributed by atoms with Gasteiger partial charge >= 0.3 is 11.5 Å². The molecule has 10 heteroatoms. The molecule has 2 aromatic heterocycles. The van der Waals surface area contributed by atoms with Crippen molar-refractivity contribution >= 4 is 44.8 Å². The van der Waals surface area contributed by atoms with Gasteiger partial charge in [-0.25, -0.2) is 9.56 Å². The molecule has 0 saturated heterocycles. The fraction of sp³-hybridized carbons (Fsp3) is 0.458. The van der Waals surface area contributed by atoms with Crippen molar-refractivity contribution in [3.05, 3.63) is 51.0 Å². The first-order chi connectivity index (χ1) is 16.4. The smallest absolute Gasteiger partial charge is 0.330 e. The van der Waals surface area contributed by atoms with E-state index in [0.29, 0.717) is 47.6 Å². The van der Waals surface area contributed by atoms with Gasteiger partial charge in [0.05, 0.1) is 12.6 Å². The summed E-state index contributed by atoms with van der Waals surface area (Å²) in [5, 5.41) is 8.69. The topological polar surface area (TPSA) is 126 Å². The number of hydrogen-bond donors (Lipinski definition) is 3. The van der Waals surface area contributed by atoms with E-state index in [0.717, 1.165) is 24.8 Å². The van der Waals surface area contributed by atoms with Gasteiger partial charge in [0.1, 0.15) is 6.10 Å². The monoisotopic (exact) mass is 528 g/mol. The van der Waals surface area contributed by atoms with Gasteiger partial charge in [0.2, 0.25) is 4.73 Å². The minimum absolute atomic E-state index is 0.00870. The Bertz CT molecular complexity index is 1270. The van der Waals surface area contributed by atoms with Crippen molar-refractivity contribution in [3.8, 4) is 0 Å². The first-order valence-corrected chi connectivity index (χ1v) is 12.5. The molecule has 4 N–H and O–H groups in total. The average Bonchev–Trinajstić information content (AvgIpc) is 3.37. The third-order valence-electron chi connectivity index (χ3n) is 6.13. The molecule has 4 rings (SSSR count). The van der Waals surface area contributed by atoms with Gasteiger partial charge in [-0.15, -0.1) is 4.98 Å². The number of hydrogen-bond acceptors (Lipinski definition) is 6. The molecule has 1 aliphatic heterocycles. The van der Waals surface area contributed by atoms with E-state index in [1.807, 2.05) is 29.7 Å². The maximum absolute atomic E-state index is 13.2. The number of fused-ring (bicyclic) bond motifs is 1. The number of ether oxygens (including phenoxy) is 1. The number of unbranched alkanes of at least 4 members (excludes halogenated alkanes) is 2. The Balaban J connectivity index is 1.49. The van der Waals surface area contributed by atoms with Crippen molar-refractivity contribution in [1.29, 1.82) is 5.41 Å². The van der Waals surface area contributed by atoms with Crippen LogP contribution in [0.25, 0.3) is 11.2 Å². The lowest BCUT2D eigenvalue weighted by molar-refractivity contribution is -0.662. The predicted octanol–water partition coefficient (Wildman–Crippen LogP) is 3.58. The van der Waals surface area contributed by atoms with Crippen molar-refractivity contribution < 1.29 is 9.30 Å². The lowest BCUT2D eigenvalue weighted by Crippen LogP contribution is -2.47. The molecule has 2 atom stereocenters. The van der Waals surface area contributed by atoms with E-state index in [1.54, 1.807) is 0 Å². The van der Waals surface area contributed by atoms with Crippen molar-refractivity contribution in [2.75, 3.05) is 5.73 Å². The van der Waals surface area contributed by atoms with E-state index in [2.05, 4.69) is 49.9 Å². The van der Waals surface area contributed by atoms with Gasteiger partial charge in [-0.3, -0.25) is 10.2 Å². The van der Waals surface area contributed by atoms with Gasteiger partial charge in [0.25, 0.3) is 5.65 Å². The summed E-state index contributed by atoms with van der Waals surface area (Å²) in [5.74, 6) is 1.06. The first-order valence-electron chi connectivity index (χ1n) is 11.7. The lowest BCUT2D eigenvalue weighted by Gasteiger charge is -2.16. The number of aromatic nitrogens is 4. The molecular formula is C24H31BrN7O2+. The van der Waals surface area contributed by atoms with Crippen LogP contribution in [0.3, 0.4) is 0 Å². The van der Waals surface area contributed by atoms with Crippen LogP contribution in [-0.2, 0) is 17.7 Å². The van der Waals surface area contributed by atoms with Crippen molar-refractivity contribution in [2.24, 2.45) is 4.99 Å². The standard InChI is InChI=1S/C24H30BrN7O2/c1-3-4-8-13-31-21-20(29-23(25)30-21)22(33)32(24(31)27)18(26)12-11-17-15(2)28-19(34-17)14-16-9-6-5-7-10-16/h5-7,9-10,15,17,26-27H,3-4,8,11-14H2,1-2H3,(H,29,30,33)/p+1. The van der Waals surface area contributed by atoms with Gasteiger partial charge in [-0.05, 0) is 25.3 Å². The molecule has 0 bridgehead atoms. The van der Waals surface area contributed by atoms with Crippen LogP contribution in [0.4, 0.5) is 5.95 Å². The van der Waals surface area contributed by atoms with Crippen LogP contribution in [0.15, 0.2) is 44.9 Å². The van der Waals surface area contributed by atoms with E-state index in [1.165, 1.54) is 4.57 Å². The predicted molar refractivity (Wildman–Crippen MR) is 136 cm³/mol. The second-order valence-corrected chi connectivity index (χ2v) is 9.40. The van der Waals surface area contributed by atoms with E-state index < -0.39 is 0 Å². The maximum Gasteiger partial charge on any atom is 0.330 e. The Morgan fingerprint density at radius 3 is 2.82 bits per heavy atom. The number of imidazole rings is 1. The Kier molecular flexibility index (Phi) is 7.45. The quantitative estimate of drug-likeness (QED) is 0.129. The lowest BCUT2D eigenvalue weighted by atomic mass is 10.1. The molecular weight excluding hydrogens is 498 g/mol. The van der Waals surface area contributed by atoms with Crippen LogP contribution in [0.5, 0.6) is 0 Å². The number of nitrogens with zero attached hydrogens (tertiary/aromatic N) is 4. The Morgan fingerprint density at radius 1 is 1.32 bits per heavy atom. The van der Waals surface area contributed by atoms with E-state index in [9.17, 15) is 4.79 Å². The van der Waals surface area contributed by atoms with Crippen molar-refractivity contribution in [2.45, 2.75) is 71.1 Å². The minimum atomic E-state index is -0.371. The number of H-pyrrole nitrogens is 1. The summed E-state index contributed by atoms with van der Waals surface area (Å²) in [6.07, 6.45) is 4.42. The summed E-state index contributed by atoms with van der Waals surface area (Å²) >= 11 is 3.32. The summed E-state index contributed by atoms with van der Waals surface area (Å²) in [4.78, 5) is 25.2. The van der Waals surface area contributed by atoms with Crippen LogP contribution in [-0.4, -0.2) is 38.4 Å². The number of aliphatic imine (C=N–C) groups is 1. The first kappa shape index (κ1) is 24.1. The second-order valence-electron chi connectivity index (χ2n) is 8.65. The molecule has 1 aromatic carbocycles. The van der Waals surface area contributed by atoms with Gasteiger partial charge in [-0.1, -0.05) is 50.1 Å². The molecule has 180 valence electrons. The summed E-state index contributed by atoms with van der Waals surface area (Å²) in [5.41, 5.74) is 8.03. The van der Waals surface area contributed by atoms with Gasteiger partial charge in [0, 0.05) is 28.8 Å². The molecule has 3 heterocycles. The van der Waals surface area contributed by atoms with Crippen molar-refractivity contribution in [3.63, 3.8) is 0 Å². The number of anilines is 1. The largest absolute Gasteiger partial charge is 0.475 e. The zero-order valence-electron chi connectivity index (χ0n) is 19.6. The van der Waals surface area contributed by atoms with Gasteiger partial charge in [-0.2, -0.15) is 4.57 Å². The number of benzene rings is 1. The molecule has 0 spiro atoms. The number of nitrogen functional groups attached to an aromatic ring is 1. The third-order valence-corrected chi connectivity index (χ3v) is 6.50. The second kappa shape index (κ2) is 10.5. The Hall–Kier alpha value is -3.01. The normalized spacial score (nSPS) is 17.7. The van der Waals surface area contributed by atoms with Gasteiger partial charge in [0.15, 0.2) is 17.3 Å². The molecule has 1 aliphatic rings. The molecule has 3 aromatic rings. The van der Waals surface area contributed by atoms with Crippen LogP contribution < -0.4 is 15.9 Å². The van der Waals surface area contributed by atoms with Gasteiger partial charge < -0.3 is 15.5 Å². The fourth-order valence-electron chi connectivity index (χ4n) is 4.29. The summed E-state index contributed by atoms with van der Waals surface area (Å²) in [6.45, 7) is 4.77. The molecule has 9 nitrogen and oxygen atoms in total. The number of nitrogens with two attached hydrogens (primary N) is 1. The number of halogens is 1. The van der Waals surface area contributed by atoms with E-state index in [4.69, 9.17) is 15.9 Å². The zero-order chi connectivity index (χ0) is 24.2. The number of rotatable bonds is 9. The summed E-state index contributed by atoms with van der Waals surface area (Å²) in [6, 6.07) is 10.1. The molecule has 0 radical (unpaired) electrons. The molecule has 0 fully saturated rings. The summed E-state index contributed by atoms with van der Waals surface area (Å²) < 4.78 is 9.66. The molecule has 34 heavy (non-hydrogen) atoms. The third kappa shape index (κ3) is 5.06. The fourth-order valence-corrected chi connectivity index (χ4v) is 4.66. The number of aryl methyl sites for hydroxylation is 1. The van der Waals surface area contributed by atoms with Crippen LogP contribution in [0.1, 0.15) is 51.5 Å². The highest BCUT2D eigenvalue weighted by Crippen LogP contribution is 2.21. The molecule has 0 saturated carbocycles. The Morgan fingerprint density at radius 2 is 2.09 bits per heavy atom. The zero-order valence-corrected chi connectivity index (χ0v) is 21.1. The number of aromatic amines is 1. The molecule has 0 amide bonds. The van der Waals surface area contributed by atoms with Crippen molar-refractivity contribution in [1.82, 2.24) is 14.5 Å². The van der Waals surface area contributed by atoms with E-state index >= 15 is 0 Å². The highest BCUT2D eigenvalue weighted by Gasteiger charge is 2.30. The minimum Gasteiger partial charge on any atom is -0.475 e. The highest BCUT2D eigenvalue weighted by atomic mass is 79.9. The average molecular weight is 529 g/mol. The van der Waals surface area contributed by atoms with Crippen LogP contribution in [0.2, 0.25) is 0 Å². The summed E-state index contributed by atoms with van der Waals surface area (Å²) in [7, 11) is 0. The van der Waals surface area contributed by atoms with E-state index in [-0.39, 0.29) is 29.5 Å². The van der Waals surface area contributed by atoms with Crippen LogP contribution in [0, 0.1) is 5.41 Å². The highest BCUT2D eigenvalue weighted by molar-refractivity contribution is 9.10. The van der Waals surface area contributed by atoms with Crippen LogP contribution >= 0.6 is 15.9 Å².